The fourth-order valence-corrected chi connectivity index (χ4v) is 1.48. The van der Waals surface area contributed by atoms with Gasteiger partial charge in [0.25, 0.3) is 0 Å². The molecule has 0 atom stereocenters. The second kappa shape index (κ2) is 8.30. The van der Waals surface area contributed by atoms with Crippen molar-refractivity contribution in [3.63, 3.8) is 0 Å². The van der Waals surface area contributed by atoms with Crippen molar-refractivity contribution < 1.29 is 13.9 Å². The third-order valence-electron chi connectivity index (χ3n) is 2.48. The second-order valence-electron chi connectivity index (χ2n) is 5.47. The molecule has 5 nitrogen and oxygen atoms in total. The van der Waals surface area contributed by atoms with E-state index in [0.717, 1.165) is 44.2 Å². The van der Waals surface area contributed by atoms with Crippen LogP contribution in [-0.2, 0) is 22.5 Å². The molecule has 5 heteroatoms. The van der Waals surface area contributed by atoms with Crippen molar-refractivity contribution >= 4 is 0 Å². The van der Waals surface area contributed by atoms with Crippen LogP contribution in [0.5, 0.6) is 0 Å². The largest absolute Gasteiger partial charge is 0.443 e. The Labute approximate surface area is 115 Å². The van der Waals surface area contributed by atoms with E-state index >= 15 is 0 Å². The first-order chi connectivity index (χ1) is 9.01. The molecule has 0 saturated heterocycles. The van der Waals surface area contributed by atoms with Gasteiger partial charge in [-0.3, -0.25) is 0 Å². The number of rotatable bonds is 9. The molecular formula is C14H26N2O3. The van der Waals surface area contributed by atoms with E-state index in [1.54, 1.807) is 13.3 Å². The predicted octanol–water partition coefficient (Wildman–Crippen LogP) is 2.16. The van der Waals surface area contributed by atoms with Crippen molar-refractivity contribution in [2.75, 3.05) is 26.8 Å². The maximum absolute atomic E-state index is 5.64. The summed E-state index contributed by atoms with van der Waals surface area (Å²) in [5, 5.41) is 3.29. The number of methoxy groups -OCH3 is 1. The first-order valence-corrected chi connectivity index (χ1v) is 6.78. The van der Waals surface area contributed by atoms with Crippen molar-refractivity contribution in [2.24, 2.45) is 0 Å². The van der Waals surface area contributed by atoms with Crippen LogP contribution in [0.1, 0.15) is 38.8 Å². The minimum absolute atomic E-state index is 0.155. The van der Waals surface area contributed by atoms with Gasteiger partial charge in [-0.15, -0.1) is 0 Å². The standard InChI is InChI=1S/C14H26N2O3/c1-14(2,3)18-11-12-10-16-13(19-12)6-5-7-15-8-9-17-4/h10,15H,5-9,11H2,1-4H3. The van der Waals surface area contributed by atoms with E-state index in [1.807, 2.05) is 20.8 Å². The SMILES string of the molecule is COCCNCCCc1ncc(COC(C)(C)C)o1. The van der Waals surface area contributed by atoms with Crippen LogP contribution in [0.3, 0.4) is 0 Å². The van der Waals surface area contributed by atoms with E-state index in [-0.39, 0.29) is 5.60 Å². The van der Waals surface area contributed by atoms with Gasteiger partial charge in [-0.25, -0.2) is 4.98 Å². The number of hydrogen-bond donors (Lipinski definition) is 1. The van der Waals surface area contributed by atoms with Crippen LogP contribution < -0.4 is 5.32 Å². The highest BCUT2D eigenvalue weighted by Gasteiger charge is 2.12. The van der Waals surface area contributed by atoms with Gasteiger partial charge < -0.3 is 19.2 Å². The second-order valence-corrected chi connectivity index (χ2v) is 5.47. The van der Waals surface area contributed by atoms with Crippen molar-refractivity contribution in [1.29, 1.82) is 0 Å². The zero-order chi connectivity index (χ0) is 14.1. The lowest BCUT2D eigenvalue weighted by molar-refractivity contribution is -0.0227. The van der Waals surface area contributed by atoms with Gasteiger partial charge in [-0.05, 0) is 33.7 Å². The van der Waals surface area contributed by atoms with Gasteiger partial charge in [0, 0.05) is 20.1 Å². The Morgan fingerprint density at radius 2 is 2.11 bits per heavy atom. The van der Waals surface area contributed by atoms with Crippen molar-refractivity contribution in [2.45, 2.75) is 45.8 Å². The molecule has 0 amide bonds. The van der Waals surface area contributed by atoms with Gasteiger partial charge >= 0.3 is 0 Å². The average Bonchev–Trinajstić information content (AvgIpc) is 2.78. The third kappa shape index (κ3) is 7.97. The van der Waals surface area contributed by atoms with Gasteiger partial charge in [0.1, 0.15) is 12.4 Å². The molecule has 19 heavy (non-hydrogen) atoms. The molecule has 1 aromatic heterocycles. The smallest absolute Gasteiger partial charge is 0.194 e. The van der Waals surface area contributed by atoms with Crippen LogP contribution in [-0.4, -0.2) is 37.4 Å². The summed E-state index contributed by atoms with van der Waals surface area (Å²) in [6.07, 6.45) is 3.60. The minimum Gasteiger partial charge on any atom is -0.443 e. The molecule has 0 bridgehead atoms. The van der Waals surface area contributed by atoms with E-state index in [9.17, 15) is 0 Å². The molecule has 110 valence electrons. The summed E-state index contributed by atoms with van der Waals surface area (Å²) < 4.78 is 16.2. The molecule has 0 saturated carbocycles. The number of nitrogens with zero attached hydrogens (tertiary/aromatic N) is 1. The summed E-state index contributed by atoms with van der Waals surface area (Å²) >= 11 is 0. The average molecular weight is 270 g/mol. The lowest BCUT2D eigenvalue weighted by atomic mass is 10.2. The summed E-state index contributed by atoms with van der Waals surface area (Å²) in [5.74, 6) is 1.57. The molecule has 0 aliphatic rings. The summed E-state index contributed by atoms with van der Waals surface area (Å²) in [6.45, 7) is 9.12. The number of aromatic nitrogens is 1. The maximum Gasteiger partial charge on any atom is 0.194 e. The number of hydrogen-bond acceptors (Lipinski definition) is 5. The van der Waals surface area contributed by atoms with Crippen LogP contribution in [0.2, 0.25) is 0 Å². The quantitative estimate of drug-likeness (QED) is 0.697. The monoisotopic (exact) mass is 270 g/mol. The van der Waals surface area contributed by atoms with Gasteiger partial charge in [0.05, 0.1) is 18.4 Å². The van der Waals surface area contributed by atoms with Gasteiger partial charge in [0.2, 0.25) is 0 Å². The van der Waals surface area contributed by atoms with E-state index in [0.29, 0.717) is 6.61 Å². The molecule has 0 spiro atoms. The molecule has 0 aliphatic carbocycles. The summed E-state index contributed by atoms with van der Waals surface area (Å²) in [5.41, 5.74) is -0.155. The molecule has 1 rings (SSSR count). The highest BCUT2D eigenvalue weighted by Crippen LogP contribution is 2.13. The number of oxazole rings is 1. The Balaban J connectivity index is 2.16. The number of ether oxygens (including phenoxy) is 2. The van der Waals surface area contributed by atoms with E-state index < -0.39 is 0 Å². The molecule has 1 heterocycles. The Morgan fingerprint density at radius 1 is 1.32 bits per heavy atom. The van der Waals surface area contributed by atoms with Crippen molar-refractivity contribution in [3.05, 3.63) is 17.8 Å². The Morgan fingerprint density at radius 3 is 2.79 bits per heavy atom. The Hall–Kier alpha value is -0.910. The molecular weight excluding hydrogens is 244 g/mol. The van der Waals surface area contributed by atoms with Crippen molar-refractivity contribution in [1.82, 2.24) is 10.3 Å². The number of aryl methyl sites for hydroxylation is 1. The fourth-order valence-electron chi connectivity index (χ4n) is 1.48. The highest BCUT2D eigenvalue weighted by molar-refractivity contribution is 4.93. The molecule has 1 N–H and O–H groups in total. The zero-order valence-electron chi connectivity index (χ0n) is 12.5. The lowest BCUT2D eigenvalue weighted by Crippen LogP contribution is -2.20. The molecule has 0 unspecified atom stereocenters. The fraction of sp³-hybridized carbons (Fsp3) is 0.786. The van der Waals surface area contributed by atoms with Gasteiger partial charge in [-0.2, -0.15) is 0 Å². The van der Waals surface area contributed by atoms with Crippen LogP contribution in [0, 0.1) is 0 Å². The van der Waals surface area contributed by atoms with Crippen molar-refractivity contribution in [3.8, 4) is 0 Å². The van der Waals surface area contributed by atoms with Gasteiger partial charge in [-0.1, -0.05) is 0 Å². The highest BCUT2D eigenvalue weighted by atomic mass is 16.5. The molecule has 1 aromatic rings. The third-order valence-corrected chi connectivity index (χ3v) is 2.48. The van der Waals surface area contributed by atoms with Gasteiger partial charge in [0.15, 0.2) is 5.89 Å². The molecule has 0 aliphatic heterocycles. The first kappa shape index (κ1) is 16.1. The van der Waals surface area contributed by atoms with Crippen LogP contribution in [0.25, 0.3) is 0 Å². The molecule has 0 fully saturated rings. The van der Waals surface area contributed by atoms with Crippen LogP contribution in [0.15, 0.2) is 10.6 Å². The first-order valence-electron chi connectivity index (χ1n) is 6.78. The normalized spacial score (nSPS) is 12.0. The summed E-state index contributed by atoms with van der Waals surface area (Å²) in [7, 11) is 1.70. The molecule has 0 aromatic carbocycles. The van der Waals surface area contributed by atoms with E-state index in [1.165, 1.54) is 0 Å². The Kier molecular flexibility index (Phi) is 7.05. The summed E-state index contributed by atoms with van der Waals surface area (Å²) in [4.78, 5) is 4.25. The summed E-state index contributed by atoms with van der Waals surface area (Å²) in [6, 6.07) is 0. The van der Waals surface area contributed by atoms with E-state index in [2.05, 4.69) is 10.3 Å². The van der Waals surface area contributed by atoms with E-state index in [4.69, 9.17) is 13.9 Å². The predicted molar refractivity (Wildman–Crippen MR) is 74.1 cm³/mol. The van der Waals surface area contributed by atoms with Crippen LogP contribution in [0.4, 0.5) is 0 Å². The maximum atomic E-state index is 5.64. The lowest BCUT2D eigenvalue weighted by Gasteiger charge is -2.18. The zero-order valence-corrected chi connectivity index (χ0v) is 12.5. The topological polar surface area (TPSA) is 56.5 Å². The minimum atomic E-state index is -0.155. The molecule has 0 radical (unpaired) electrons. The Bertz CT molecular complexity index is 345. The number of nitrogens with one attached hydrogen (secondary N) is 1. The van der Waals surface area contributed by atoms with Crippen LogP contribution >= 0.6 is 0 Å².